The van der Waals surface area contributed by atoms with E-state index in [1.165, 1.54) is 43.1 Å². The van der Waals surface area contributed by atoms with E-state index in [1.54, 1.807) is 0 Å². The summed E-state index contributed by atoms with van der Waals surface area (Å²) >= 11 is 3.80. The van der Waals surface area contributed by atoms with Gasteiger partial charge in [0.1, 0.15) is 0 Å². The van der Waals surface area contributed by atoms with Gasteiger partial charge in [-0.3, -0.25) is 0 Å². The van der Waals surface area contributed by atoms with Crippen LogP contribution in [0.2, 0.25) is 0 Å². The van der Waals surface area contributed by atoms with Gasteiger partial charge in [0, 0.05) is 10.0 Å². The molecule has 0 saturated heterocycles. The van der Waals surface area contributed by atoms with E-state index in [-0.39, 0.29) is 0 Å². The van der Waals surface area contributed by atoms with Crippen molar-refractivity contribution in [2.75, 3.05) is 0 Å². The lowest BCUT2D eigenvalue weighted by Crippen LogP contribution is -1.93. The maximum absolute atomic E-state index is 3.80. The first kappa shape index (κ1) is 12.8. The lowest BCUT2D eigenvalue weighted by molar-refractivity contribution is 1.27. The summed E-state index contributed by atoms with van der Waals surface area (Å²) in [6.45, 7) is 2.23. The number of rotatable bonds is 1. The third-order valence-electron chi connectivity index (χ3n) is 4.35. The smallest absolute Gasteiger partial charge is 0.0259 e. The van der Waals surface area contributed by atoms with Gasteiger partial charge in [0.25, 0.3) is 0 Å². The van der Waals surface area contributed by atoms with Gasteiger partial charge in [-0.1, -0.05) is 70.5 Å². The molecule has 0 heterocycles. The summed E-state index contributed by atoms with van der Waals surface area (Å²) in [5.74, 6) is 0. The van der Waals surface area contributed by atoms with Crippen LogP contribution in [-0.4, -0.2) is 0 Å². The Balaban J connectivity index is 2.08. The number of benzene rings is 3. The fraction of sp³-hybridized carbons (Fsp3) is 0.100. The fourth-order valence-electron chi connectivity index (χ4n) is 3.34. The summed E-state index contributed by atoms with van der Waals surface area (Å²) in [7, 11) is 0. The van der Waals surface area contributed by atoms with Gasteiger partial charge < -0.3 is 0 Å². The molecule has 0 aromatic heterocycles. The Kier molecular flexibility index (Phi) is 2.97. The Morgan fingerprint density at radius 2 is 1.81 bits per heavy atom. The maximum atomic E-state index is 3.80. The minimum atomic E-state index is 1.05. The molecular formula is C20H15Br. The van der Waals surface area contributed by atoms with Crippen molar-refractivity contribution in [1.82, 2.24) is 0 Å². The molecule has 4 rings (SSSR count). The van der Waals surface area contributed by atoms with E-state index in [0.29, 0.717) is 0 Å². The molecule has 3 aromatic rings. The molecule has 0 saturated carbocycles. The highest BCUT2D eigenvalue weighted by atomic mass is 79.9. The normalized spacial score (nSPS) is 12.9. The molecule has 0 bridgehead atoms. The average Bonchev–Trinajstić information content (AvgIpc) is 2.96. The number of hydrogen-bond acceptors (Lipinski definition) is 0. The second-order valence-corrected chi connectivity index (χ2v) is 6.42. The summed E-state index contributed by atoms with van der Waals surface area (Å²) in [4.78, 5) is 0. The van der Waals surface area contributed by atoms with Crippen LogP contribution in [0.3, 0.4) is 0 Å². The standard InChI is InChI=1S/C20H15Br/c1-13-16-10-5-8-15(16)12-19(21)20(13)18-11-4-7-14-6-2-3-9-17(14)18/h2-7,9-12H,8H2,1H3. The molecular weight excluding hydrogens is 320 g/mol. The lowest BCUT2D eigenvalue weighted by Gasteiger charge is -2.15. The van der Waals surface area contributed by atoms with Crippen LogP contribution in [0.4, 0.5) is 0 Å². The summed E-state index contributed by atoms with van der Waals surface area (Å²) in [6.07, 6.45) is 5.55. The lowest BCUT2D eigenvalue weighted by atomic mass is 9.91. The third kappa shape index (κ3) is 1.96. The van der Waals surface area contributed by atoms with Gasteiger partial charge >= 0.3 is 0 Å². The van der Waals surface area contributed by atoms with Crippen molar-refractivity contribution in [1.29, 1.82) is 0 Å². The first-order valence-electron chi connectivity index (χ1n) is 7.22. The molecule has 0 amide bonds. The van der Waals surface area contributed by atoms with E-state index in [4.69, 9.17) is 0 Å². The molecule has 1 heteroatoms. The molecule has 1 aliphatic carbocycles. The molecule has 3 aromatic carbocycles. The Labute approximate surface area is 133 Å². The van der Waals surface area contributed by atoms with Crippen LogP contribution in [0, 0.1) is 6.92 Å². The van der Waals surface area contributed by atoms with Crippen LogP contribution in [-0.2, 0) is 6.42 Å². The first-order chi connectivity index (χ1) is 10.3. The summed E-state index contributed by atoms with van der Waals surface area (Å²) in [5, 5.41) is 2.60. The van der Waals surface area contributed by atoms with Gasteiger partial charge in [0.15, 0.2) is 0 Å². The van der Waals surface area contributed by atoms with Crippen LogP contribution < -0.4 is 0 Å². The van der Waals surface area contributed by atoms with Crippen molar-refractivity contribution in [2.24, 2.45) is 0 Å². The summed E-state index contributed by atoms with van der Waals surface area (Å²) in [6, 6.07) is 17.4. The largest absolute Gasteiger partial charge is 0.0795 e. The van der Waals surface area contributed by atoms with Crippen LogP contribution in [0.25, 0.3) is 28.0 Å². The molecule has 0 unspecified atom stereocenters. The highest BCUT2D eigenvalue weighted by Gasteiger charge is 2.17. The fourth-order valence-corrected chi connectivity index (χ4v) is 4.12. The van der Waals surface area contributed by atoms with Crippen LogP contribution in [0.5, 0.6) is 0 Å². The van der Waals surface area contributed by atoms with Gasteiger partial charge in [-0.25, -0.2) is 0 Å². The minimum Gasteiger partial charge on any atom is -0.0795 e. The quantitative estimate of drug-likeness (QED) is 0.500. The van der Waals surface area contributed by atoms with E-state index in [1.807, 2.05) is 0 Å². The molecule has 0 nitrogen and oxygen atoms in total. The van der Waals surface area contributed by atoms with E-state index in [9.17, 15) is 0 Å². The average molecular weight is 335 g/mol. The van der Waals surface area contributed by atoms with E-state index in [0.717, 1.165) is 6.42 Å². The van der Waals surface area contributed by atoms with E-state index < -0.39 is 0 Å². The molecule has 102 valence electrons. The molecule has 0 spiro atoms. The molecule has 21 heavy (non-hydrogen) atoms. The van der Waals surface area contributed by atoms with Crippen molar-refractivity contribution >= 4 is 32.8 Å². The molecule has 0 aliphatic heterocycles. The van der Waals surface area contributed by atoms with Crippen molar-refractivity contribution in [3.8, 4) is 11.1 Å². The molecule has 0 atom stereocenters. The summed E-state index contributed by atoms with van der Waals surface area (Å²) < 4.78 is 1.19. The molecule has 0 N–H and O–H groups in total. The molecule has 1 aliphatic rings. The molecule has 0 radical (unpaired) electrons. The zero-order valence-corrected chi connectivity index (χ0v) is 13.4. The number of hydrogen-bond donors (Lipinski definition) is 0. The highest BCUT2D eigenvalue weighted by Crippen LogP contribution is 2.40. The zero-order chi connectivity index (χ0) is 14.4. The second-order valence-electron chi connectivity index (χ2n) is 5.56. The van der Waals surface area contributed by atoms with Crippen LogP contribution >= 0.6 is 15.9 Å². The van der Waals surface area contributed by atoms with Crippen molar-refractivity contribution in [3.63, 3.8) is 0 Å². The Morgan fingerprint density at radius 3 is 2.71 bits per heavy atom. The minimum absolute atomic E-state index is 1.05. The first-order valence-corrected chi connectivity index (χ1v) is 8.01. The molecule has 0 fully saturated rings. The van der Waals surface area contributed by atoms with Gasteiger partial charge in [-0.15, -0.1) is 0 Å². The second kappa shape index (κ2) is 4.85. The summed E-state index contributed by atoms with van der Waals surface area (Å²) in [5.41, 5.74) is 6.80. The number of fused-ring (bicyclic) bond motifs is 2. The predicted molar refractivity (Wildman–Crippen MR) is 94.6 cm³/mol. The maximum Gasteiger partial charge on any atom is 0.0259 e. The van der Waals surface area contributed by atoms with Gasteiger partial charge in [0.05, 0.1) is 0 Å². The SMILES string of the molecule is Cc1c2c(cc(Br)c1-c1cccc3ccccc13)CC=C2. The van der Waals surface area contributed by atoms with Crippen LogP contribution in [0.1, 0.15) is 16.7 Å². The Morgan fingerprint density at radius 1 is 1.00 bits per heavy atom. The van der Waals surface area contributed by atoms with Gasteiger partial charge in [-0.05, 0) is 52.4 Å². The van der Waals surface area contributed by atoms with Crippen molar-refractivity contribution in [2.45, 2.75) is 13.3 Å². The zero-order valence-electron chi connectivity index (χ0n) is 11.9. The van der Waals surface area contributed by atoms with Gasteiger partial charge in [-0.2, -0.15) is 0 Å². The highest BCUT2D eigenvalue weighted by molar-refractivity contribution is 9.10. The van der Waals surface area contributed by atoms with Gasteiger partial charge in [0.2, 0.25) is 0 Å². The number of halogens is 1. The van der Waals surface area contributed by atoms with E-state index in [2.05, 4.69) is 83.5 Å². The number of allylic oxidation sites excluding steroid dienone is 1. The predicted octanol–water partition coefficient (Wildman–Crippen LogP) is 6.15. The monoisotopic (exact) mass is 334 g/mol. The van der Waals surface area contributed by atoms with Crippen molar-refractivity contribution < 1.29 is 0 Å². The topological polar surface area (TPSA) is 0 Å². The van der Waals surface area contributed by atoms with Crippen LogP contribution in [0.15, 0.2) is 59.1 Å². The Bertz CT molecular complexity index is 882. The Hall–Kier alpha value is -1.86. The van der Waals surface area contributed by atoms with Crippen molar-refractivity contribution in [3.05, 3.63) is 75.8 Å². The van der Waals surface area contributed by atoms with E-state index >= 15 is 0 Å². The third-order valence-corrected chi connectivity index (χ3v) is 4.97.